The van der Waals surface area contributed by atoms with Crippen molar-refractivity contribution in [3.63, 3.8) is 0 Å². The third kappa shape index (κ3) is 33.1. The first kappa shape index (κ1) is 51.4. The molecule has 7 heavy (non-hydrogen) atoms. The van der Waals surface area contributed by atoms with Crippen molar-refractivity contribution >= 4 is 83.2 Å². The maximum absolute atomic E-state index is 0. The van der Waals surface area contributed by atoms with Crippen molar-refractivity contribution in [2.45, 2.75) is 0 Å². The maximum Gasteiger partial charge on any atom is 2.00 e. The zero-order valence-electron chi connectivity index (χ0n) is 7.82. The predicted octanol–water partition coefficient (Wildman–Crippen LogP) is -1.14. The molecule has 0 aromatic heterocycles. The van der Waals surface area contributed by atoms with Gasteiger partial charge in [-0.3, -0.25) is 0 Å². The molecule has 0 fully saturated rings. The van der Waals surface area contributed by atoms with Gasteiger partial charge in [-0.2, -0.15) is 0 Å². The zero-order valence-corrected chi connectivity index (χ0v) is 19.1. The Hall–Kier alpha value is 6.13. The Morgan fingerprint density at radius 1 is 0.857 bits per heavy atom. The van der Waals surface area contributed by atoms with Crippen LogP contribution in [0.1, 0.15) is 5.71 Å². The van der Waals surface area contributed by atoms with Gasteiger partial charge in [-0.15, -0.1) is 0 Å². The van der Waals surface area contributed by atoms with E-state index in [1.54, 1.807) is 0 Å². The predicted molar refractivity (Wildman–Crippen MR) is 19.6 cm³/mol. The van der Waals surface area contributed by atoms with Gasteiger partial charge in [0.05, 0.1) is 0 Å². The minimum atomic E-state index is 0. The molecule has 0 rings (SSSR count). The Morgan fingerprint density at radius 3 is 0.857 bits per heavy atom. The van der Waals surface area contributed by atoms with Crippen LogP contribution in [0.2, 0.25) is 0 Å². The fourth-order valence-corrected chi connectivity index (χ4v) is 0. The molecule has 0 aromatic carbocycles. The molecule has 0 amide bonds. The molecular weight excluding hydrogens is 531 g/mol. The van der Waals surface area contributed by atoms with Crippen molar-refractivity contribution in [3.05, 3.63) is 0 Å². The molecule has 0 atom stereocenters. The van der Waals surface area contributed by atoms with Gasteiger partial charge in [-0.1, -0.05) is 0 Å². The summed E-state index contributed by atoms with van der Waals surface area (Å²) in [5, 5.41) is 0. The molecule has 0 aliphatic heterocycles. The average molecular weight is 537 g/mol. The van der Waals surface area contributed by atoms with Crippen LogP contribution >= 0.6 is 0 Å². The Bertz CT molecular complexity index is 26.1. The molecule has 1 nitrogen and oxygen atoms in total. The fraction of sp³-hybridized carbons (Fsp3) is 0. The van der Waals surface area contributed by atoms with E-state index in [9.17, 15) is 0 Å². The number of hydrogen-bond donors (Lipinski definition) is 0. The van der Waals surface area contributed by atoms with Crippen molar-refractivity contribution in [1.82, 2.24) is 0 Å². The third-order valence-electron chi connectivity index (χ3n) is 0. The molecule has 0 spiro atoms. The van der Waals surface area contributed by atoms with Gasteiger partial charge in [-0.25, -0.2) is 0 Å². The Labute approximate surface area is 194 Å². The van der Waals surface area contributed by atoms with Crippen molar-refractivity contribution in [3.8, 4) is 0 Å². The number of hydrogen-bond acceptors (Lipinski definition) is 0. The van der Waals surface area contributed by atoms with Gasteiger partial charge in [0.15, 0.2) is 0 Å². The summed E-state index contributed by atoms with van der Waals surface area (Å²) in [6, 6.07) is 0. The van der Waals surface area contributed by atoms with E-state index in [0.717, 1.165) is 0 Å². The Balaban J connectivity index is 0. The molecule has 0 aliphatic carbocycles. The van der Waals surface area contributed by atoms with Crippen molar-refractivity contribution < 1.29 is 117 Å². The molecule has 0 bridgehead atoms. The first-order chi connectivity index (χ1) is 0. The number of rotatable bonds is 0. The second-order valence-electron chi connectivity index (χ2n) is 0. The smallest absolute Gasteiger partial charge is 1.00 e. The van der Waals surface area contributed by atoms with Crippen molar-refractivity contribution in [2.24, 2.45) is 0 Å². The van der Waals surface area contributed by atoms with Gasteiger partial charge in [0.1, 0.15) is 0 Å². The first-order valence-corrected chi connectivity index (χ1v) is 0. The monoisotopic (exact) mass is 538 g/mol. The van der Waals surface area contributed by atoms with Gasteiger partial charge in [-0.05, 0) is 0 Å². The van der Waals surface area contributed by atoms with E-state index in [1.807, 2.05) is 0 Å². The molecule has 36 valence electrons. The second-order valence-corrected chi connectivity index (χ2v) is 0. The molecule has 0 unspecified atom stereocenters. The topological polar surface area (TPSA) is 31.5 Å². The van der Waals surface area contributed by atoms with Gasteiger partial charge in [0.25, 0.3) is 0 Å². The molecule has 0 heterocycles. The van der Waals surface area contributed by atoms with Gasteiger partial charge in [0, 0.05) is 105 Å². The normalized spacial score (nSPS) is 0. The van der Waals surface area contributed by atoms with E-state index >= 15 is 0 Å². The second kappa shape index (κ2) is 40.0. The van der Waals surface area contributed by atoms with Crippen LogP contribution in [0.25, 0.3) is 0 Å². The van der Waals surface area contributed by atoms with Crippen LogP contribution in [-0.2, 0) is 34.1 Å². The maximum atomic E-state index is 0. The van der Waals surface area contributed by atoms with Crippen molar-refractivity contribution in [2.75, 3.05) is 0 Å². The molecule has 2 N–H and O–H groups in total. The molecular formula is H6CaLa2Mn2OSr. The zero-order chi connectivity index (χ0) is 0. The summed E-state index contributed by atoms with van der Waals surface area (Å²) < 4.78 is 0. The molecule has 4 radical (unpaired) electrons. The van der Waals surface area contributed by atoms with Crippen LogP contribution in [0, 0.1) is 71.2 Å². The summed E-state index contributed by atoms with van der Waals surface area (Å²) in [6.07, 6.45) is 0. The van der Waals surface area contributed by atoms with Crippen LogP contribution in [0.15, 0.2) is 0 Å². The molecule has 0 saturated carbocycles. The Morgan fingerprint density at radius 2 is 0.857 bits per heavy atom. The summed E-state index contributed by atoms with van der Waals surface area (Å²) in [5.74, 6) is 0. The standard InChI is InChI=1S/Ca.2La.2Mn.H2O.Sr.4H/h;;;;;1H2;;;;;/q+2;;;;;;+2;4*-1. The quantitative estimate of drug-likeness (QED) is 0.350. The molecule has 0 aliphatic rings. The van der Waals surface area contributed by atoms with E-state index in [1.165, 1.54) is 0 Å². The summed E-state index contributed by atoms with van der Waals surface area (Å²) >= 11 is 0. The van der Waals surface area contributed by atoms with Gasteiger partial charge >= 0.3 is 83.2 Å². The molecule has 7 heteroatoms. The van der Waals surface area contributed by atoms with Gasteiger partial charge in [0.2, 0.25) is 0 Å². The summed E-state index contributed by atoms with van der Waals surface area (Å²) in [6.45, 7) is 0. The fourth-order valence-electron chi connectivity index (χ4n) is 0. The largest absolute Gasteiger partial charge is 2.00 e. The van der Waals surface area contributed by atoms with E-state index < -0.39 is 0 Å². The van der Waals surface area contributed by atoms with Crippen molar-refractivity contribution in [1.29, 1.82) is 0 Å². The van der Waals surface area contributed by atoms with E-state index in [-0.39, 0.29) is 200 Å². The van der Waals surface area contributed by atoms with E-state index in [4.69, 9.17) is 0 Å². The SMILES string of the molecule is O.[Ca+2].[H-].[H-].[H-].[H-].[La].[La].[Mn].[Mn].[Sr+2]. The average Bonchev–Trinajstić information content (AvgIpc) is 0. The van der Waals surface area contributed by atoms with Crippen LogP contribution in [-0.4, -0.2) is 88.7 Å². The minimum absolute atomic E-state index is 0. The summed E-state index contributed by atoms with van der Waals surface area (Å²) in [5.41, 5.74) is 0. The molecule has 0 aromatic rings. The molecule has 0 saturated heterocycles. The van der Waals surface area contributed by atoms with Crippen LogP contribution in [0.4, 0.5) is 0 Å². The van der Waals surface area contributed by atoms with E-state index in [2.05, 4.69) is 0 Å². The first-order valence-electron chi connectivity index (χ1n) is 0. The third-order valence-corrected chi connectivity index (χ3v) is 0. The van der Waals surface area contributed by atoms with Crippen LogP contribution < -0.4 is 0 Å². The van der Waals surface area contributed by atoms with Gasteiger partial charge < -0.3 is 11.2 Å². The van der Waals surface area contributed by atoms with E-state index in [0.29, 0.717) is 0 Å². The van der Waals surface area contributed by atoms with Crippen LogP contribution in [0.5, 0.6) is 0 Å². The van der Waals surface area contributed by atoms with Crippen LogP contribution in [0.3, 0.4) is 0 Å². The Kier molecular flexibility index (Phi) is 294. The summed E-state index contributed by atoms with van der Waals surface area (Å²) in [7, 11) is 0. The minimum Gasteiger partial charge on any atom is -1.00 e. The summed E-state index contributed by atoms with van der Waals surface area (Å²) in [4.78, 5) is 0.